The van der Waals surface area contributed by atoms with Gasteiger partial charge in [0.15, 0.2) is 5.13 Å². The lowest BCUT2D eigenvalue weighted by Gasteiger charge is -2.01. The van der Waals surface area contributed by atoms with Crippen LogP contribution in [-0.4, -0.2) is 21.0 Å². The first-order valence-electron chi connectivity index (χ1n) is 4.57. The molecule has 82 valence electrons. The Kier molecular flexibility index (Phi) is 3.11. The summed E-state index contributed by atoms with van der Waals surface area (Å²) in [5, 5.41) is 12.4. The van der Waals surface area contributed by atoms with Gasteiger partial charge < -0.3 is 10.4 Å². The van der Waals surface area contributed by atoms with Crippen molar-refractivity contribution in [3.63, 3.8) is 0 Å². The predicted octanol–water partition coefficient (Wildman–Crippen LogP) is 1.85. The van der Waals surface area contributed by atoms with Crippen molar-refractivity contribution in [1.29, 1.82) is 0 Å². The van der Waals surface area contributed by atoms with Crippen LogP contribution in [0.1, 0.15) is 15.2 Å². The van der Waals surface area contributed by atoms with Crippen LogP contribution in [0.15, 0.2) is 30.7 Å². The molecule has 0 bridgehead atoms. The van der Waals surface area contributed by atoms with Crippen LogP contribution in [-0.2, 0) is 6.54 Å². The Balaban J connectivity index is 1.97. The molecule has 16 heavy (non-hydrogen) atoms. The molecule has 2 heterocycles. The van der Waals surface area contributed by atoms with E-state index in [-0.39, 0.29) is 4.88 Å². The highest BCUT2D eigenvalue weighted by Gasteiger charge is 2.07. The summed E-state index contributed by atoms with van der Waals surface area (Å²) in [6.07, 6.45) is 4.77. The summed E-state index contributed by atoms with van der Waals surface area (Å²) in [7, 11) is 0. The first-order chi connectivity index (χ1) is 7.75. The van der Waals surface area contributed by atoms with Gasteiger partial charge in [-0.3, -0.25) is 4.98 Å². The SMILES string of the molecule is O=C(O)c1cnc(NCc2ccncc2)s1. The van der Waals surface area contributed by atoms with Crippen molar-refractivity contribution in [2.45, 2.75) is 6.54 Å². The van der Waals surface area contributed by atoms with E-state index in [1.807, 2.05) is 12.1 Å². The summed E-state index contributed by atoms with van der Waals surface area (Å²) in [5.74, 6) is -0.950. The Labute approximate surface area is 95.8 Å². The Bertz CT molecular complexity index is 484. The summed E-state index contributed by atoms with van der Waals surface area (Å²) >= 11 is 1.12. The summed E-state index contributed by atoms with van der Waals surface area (Å²) in [6.45, 7) is 0.606. The van der Waals surface area contributed by atoms with Crippen LogP contribution < -0.4 is 5.32 Å². The number of thiazole rings is 1. The molecule has 5 nitrogen and oxygen atoms in total. The van der Waals surface area contributed by atoms with Gasteiger partial charge in [0.2, 0.25) is 0 Å². The number of rotatable bonds is 4. The molecule has 2 N–H and O–H groups in total. The quantitative estimate of drug-likeness (QED) is 0.845. The highest BCUT2D eigenvalue weighted by molar-refractivity contribution is 7.17. The third-order valence-corrected chi connectivity index (χ3v) is 2.85. The van der Waals surface area contributed by atoms with Crippen molar-refractivity contribution in [2.24, 2.45) is 0 Å². The summed E-state index contributed by atoms with van der Waals surface area (Å²) < 4.78 is 0. The number of hydrogen-bond acceptors (Lipinski definition) is 5. The maximum atomic E-state index is 10.6. The zero-order valence-corrected chi connectivity index (χ0v) is 9.07. The Morgan fingerprint density at radius 2 is 2.19 bits per heavy atom. The zero-order chi connectivity index (χ0) is 11.4. The van der Waals surface area contributed by atoms with Gasteiger partial charge in [0.25, 0.3) is 0 Å². The van der Waals surface area contributed by atoms with Crippen LogP contribution in [0.25, 0.3) is 0 Å². The van der Waals surface area contributed by atoms with E-state index in [2.05, 4.69) is 15.3 Å². The maximum absolute atomic E-state index is 10.6. The molecular weight excluding hydrogens is 226 g/mol. The molecule has 0 atom stereocenters. The largest absolute Gasteiger partial charge is 0.477 e. The molecular formula is C10H9N3O2S. The maximum Gasteiger partial charge on any atom is 0.347 e. The molecule has 2 aromatic rings. The molecule has 0 spiro atoms. The third-order valence-electron chi connectivity index (χ3n) is 1.91. The predicted molar refractivity (Wildman–Crippen MR) is 60.6 cm³/mol. The minimum Gasteiger partial charge on any atom is -0.477 e. The number of carboxylic acids is 1. The van der Waals surface area contributed by atoms with Gasteiger partial charge in [-0.1, -0.05) is 11.3 Å². The average molecular weight is 235 g/mol. The minimum atomic E-state index is -0.950. The minimum absolute atomic E-state index is 0.234. The number of nitrogens with one attached hydrogen (secondary N) is 1. The van der Waals surface area contributed by atoms with Crippen molar-refractivity contribution in [3.8, 4) is 0 Å². The van der Waals surface area contributed by atoms with Gasteiger partial charge >= 0.3 is 5.97 Å². The second kappa shape index (κ2) is 4.71. The second-order valence-electron chi connectivity index (χ2n) is 3.04. The number of carboxylic acid groups (broad SMARTS) is 1. The molecule has 0 unspecified atom stereocenters. The van der Waals surface area contributed by atoms with Crippen LogP contribution in [0, 0.1) is 0 Å². The second-order valence-corrected chi connectivity index (χ2v) is 4.07. The highest BCUT2D eigenvalue weighted by atomic mass is 32.1. The van der Waals surface area contributed by atoms with E-state index >= 15 is 0 Å². The van der Waals surface area contributed by atoms with Gasteiger partial charge in [-0.05, 0) is 17.7 Å². The van der Waals surface area contributed by atoms with Crippen molar-refractivity contribution in [3.05, 3.63) is 41.2 Å². The van der Waals surface area contributed by atoms with Gasteiger partial charge in [-0.25, -0.2) is 9.78 Å². The first-order valence-corrected chi connectivity index (χ1v) is 5.39. The van der Waals surface area contributed by atoms with E-state index < -0.39 is 5.97 Å². The number of aromatic carboxylic acids is 1. The molecule has 0 aliphatic heterocycles. The molecule has 2 rings (SSSR count). The fraction of sp³-hybridized carbons (Fsp3) is 0.100. The summed E-state index contributed by atoms with van der Waals surface area (Å²) in [4.78, 5) is 18.7. The van der Waals surface area contributed by atoms with E-state index in [4.69, 9.17) is 5.11 Å². The third kappa shape index (κ3) is 2.54. The normalized spacial score (nSPS) is 10.0. The van der Waals surface area contributed by atoms with Crippen molar-refractivity contribution in [2.75, 3.05) is 5.32 Å². The molecule has 0 saturated heterocycles. The lowest BCUT2D eigenvalue weighted by molar-refractivity contribution is 0.0702. The fourth-order valence-corrected chi connectivity index (χ4v) is 1.78. The molecule has 0 aliphatic rings. The summed E-state index contributed by atoms with van der Waals surface area (Å²) in [5.41, 5.74) is 1.07. The number of aromatic nitrogens is 2. The number of nitrogens with zero attached hydrogens (tertiary/aromatic N) is 2. The van der Waals surface area contributed by atoms with Gasteiger partial charge in [0, 0.05) is 18.9 Å². The molecule has 0 saturated carbocycles. The molecule has 0 radical (unpaired) electrons. The van der Waals surface area contributed by atoms with Gasteiger partial charge in [0.1, 0.15) is 4.88 Å². The van der Waals surface area contributed by atoms with E-state index in [1.165, 1.54) is 6.20 Å². The van der Waals surface area contributed by atoms with Crippen LogP contribution in [0.2, 0.25) is 0 Å². The molecule has 2 aromatic heterocycles. The zero-order valence-electron chi connectivity index (χ0n) is 8.25. The van der Waals surface area contributed by atoms with Gasteiger partial charge in [-0.15, -0.1) is 0 Å². The van der Waals surface area contributed by atoms with Crippen LogP contribution >= 0.6 is 11.3 Å². The molecule has 0 fully saturated rings. The smallest absolute Gasteiger partial charge is 0.347 e. The van der Waals surface area contributed by atoms with Crippen LogP contribution in [0.3, 0.4) is 0 Å². The van der Waals surface area contributed by atoms with Gasteiger partial charge in [-0.2, -0.15) is 0 Å². The number of hydrogen-bond donors (Lipinski definition) is 2. The van der Waals surface area contributed by atoms with Crippen molar-refractivity contribution in [1.82, 2.24) is 9.97 Å². The fourth-order valence-electron chi connectivity index (χ4n) is 1.13. The standard InChI is InChI=1S/C10H9N3O2S/c14-9(15)8-6-13-10(16-8)12-5-7-1-3-11-4-2-7/h1-4,6H,5H2,(H,12,13)(H,14,15). The van der Waals surface area contributed by atoms with E-state index in [9.17, 15) is 4.79 Å². The Hall–Kier alpha value is -1.95. The summed E-state index contributed by atoms with van der Waals surface area (Å²) in [6, 6.07) is 3.78. The highest BCUT2D eigenvalue weighted by Crippen LogP contribution is 2.18. The van der Waals surface area contributed by atoms with E-state index in [1.54, 1.807) is 12.4 Å². The topological polar surface area (TPSA) is 75.1 Å². The lowest BCUT2D eigenvalue weighted by atomic mass is 10.3. The Morgan fingerprint density at radius 3 is 2.81 bits per heavy atom. The lowest BCUT2D eigenvalue weighted by Crippen LogP contribution is -1.98. The first kappa shape index (κ1) is 10.6. The van der Waals surface area contributed by atoms with Crippen molar-refractivity contribution >= 4 is 22.4 Å². The molecule has 0 aromatic carbocycles. The van der Waals surface area contributed by atoms with Gasteiger partial charge in [0.05, 0.1) is 6.20 Å². The van der Waals surface area contributed by atoms with E-state index in [0.717, 1.165) is 16.9 Å². The van der Waals surface area contributed by atoms with Crippen LogP contribution in [0.4, 0.5) is 5.13 Å². The molecule has 0 amide bonds. The molecule has 0 aliphatic carbocycles. The monoisotopic (exact) mass is 235 g/mol. The van der Waals surface area contributed by atoms with Crippen LogP contribution in [0.5, 0.6) is 0 Å². The van der Waals surface area contributed by atoms with E-state index in [0.29, 0.717) is 11.7 Å². The Morgan fingerprint density at radius 1 is 1.44 bits per heavy atom. The number of pyridine rings is 1. The average Bonchev–Trinajstić information content (AvgIpc) is 2.76. The molecule has 6 heteroatoms. The number of carbonyl (C=O) groups is 1. The van der Waals surface area contributed by atoms with Crippen molar-refractivity contribution < 1.29 is 9.90 Å². The number of anilines is 1.